The lowest BCUT2D eigenvalue weighted by atomic mass is 9.95. The van der Waals surface area contributed by atoms with Gasteiger partial charge in [0.2, 0.25) is 5.78 Å². The summed E-state index contributed by atoms with van der Waals surface area (Å²) in [5.74, 6) is -2.40. The number of likely N-dealkylation sites (tertiary alicyclic amines) is 1. The fourth-order valence-corrected chi connectivity index (χ4v) is 4.53. The smallest absolute Gasteiger partial charge is 0.295 e. The average molecular weight is 475 g/mol. The van der Waals surface area contributed by atoms with E-state index in [1.807, 2.05) is 0 Å². The molecule has 4 rings (SSSR count). The summed E-state index contributed by atoms with van der Waals surface area (Å²) in [6.07, 6.45) is 0. The van der Waals surface area contributed by atoms with Gasteiger partial charge in [0.15, 0.2) is 0 Å². The fraction of sp³-hybridized carbons (Fsp3) is 0.333. The van der Waals surface area contributed by atoms with E-state index in [0.29, 0.717) is 31.1 Å². The van der Waals surface area contributed by atoms with Gasteiger partial charge in [-0.05, 0) is 35.4 Å². The van der Waals surface area contributed by atoms with Crippen LogP contribution in [0, 0.1) is 5.82 Å². The molecule has 2 aliphatic heterocycles. The second-order valence-corrected chi connectivity index (χ2v) is 8.40. The SMILES string of the molecule is COc1ccc(/C([O-])=C2\C(=O)C(=O)N(CC[NH+]3CCOCC3)C2c2cccc(F)c2)cc1Cl. The molecule has 1 unspecified atom stereocenters. The summed E-state index contributed by atoms with van der Waals surface area (Å²) in [7, 11) is 1.45. The van der Waals surface area contributed by atoms with Crippen molar-refractivity contribution in [3.8, 4) is 5.75 Å². The Morgan fingerprint density at radius 3 is 2.67 bits per heavy atom. The van der Waals surface area contributed by atoms with Crippen molar-refractivity contribution in [3.63, 3.8) is 0 Å². The van der Waals surface area contributed by atoms with Crippen LogP contribution in [0.5, 0.6) is 5.75 Å². The van der Waals surface area contributed by atoms with Crippen molar-refractivity contribution >= 4 is 29.1 Å². The maximum absolute atomic E-state index is 14.1. The van der Waals surface area contributed by atoms with Crippen LogP contribution in [0.15, 0.2) is 48.0 Å². The monoisotopic (exact) mass is 474 g/mol. The predicted octanol–water partition coefficient (Wildman–Crippen LogP) is 0.627. The van der Waals surface area contributed by atoms with Gasteiger partial charge in [-0.25, -0.2) is 4.39 Å². The number of methoxy groups -OCH3 is 1. The third-order valence-electron chi connectivity index (χ3n) is 6.01. The fourth-order valence-electron chi connectivity index (χ4n) is 4.28. The van der Waals surface area contributed by atoms with Crippen molar-refractivity contribution < 1.29 is 33.5 Å². The summed E-state index contributed by atoms with van der Waals surface area (Å²) in [4.78, 5) is 28.6. The number of hydrogen-bond acceptors (Lipinski definition) is 5. The van der Waals surface area contributed by atoms with Gasteiger partial charge in [-0.15, -0.1) is 0 Å². The third kappa shape index (κ3) is 4.73. The number of carbonyl (C=O) groups excluding carboxylic acids is 2. The molecule has 2 aromatic rings. The van der Waals surface area contributed by atoms with E-state index < -0.39 is 29.3 Å². The van der Waals surface area contributed by atoms with Crippen molar-refractivity contribution in [1.29, 1.82) is 0 Å². The number of nitrogens with one attached hydrogen (secondary N) is 1. The highest BCUT2D eigenvalue weighted by molar-refractivity contribution is 6.46. The largest absolute Gasteiger partial charge is 0.872 e. The molecule has 1 amide bonds. The van der Waals surface area contributed by atoms with Gasteiger partial charge in [-0.3, -0.25) is 9.59 Å². The first kappa shape index (κ1) is 23.2. The minimum absolute atomic E-state index is 0.152. The van der Waals surface area contributed by atoms with E-state index in [-0.39, 0.29) is 22.7 Å². The molecule has 0 aromatic heterocycles. The Labute approximate surface area is 195 Å². The van der Waals surface area contributed by atoms with Gasteiger partial charge in [0.05, 0.1) is 44.5 Å². The Balaban J connectivity index is 1.75. The van der Waals surface area contributed by atoms with Gasteiger partial charge in [0, 0.05) is 5.57 Å². The molecule has 1 N–H and O–H groups in total. The predicted molar refractivity (Wildman–Crippen MR) is 117 cm³/mol. The molecule has 2 aliphatic rings. The topological polar surface area (TPSA) is 83.3 Å². The first-order valence-corrected chi connectivity index (χ1v) is 11.1. The summed E-state index contributed by atoms with van der Waals surface area (Å²) >= 11 is 6.17. The van der Waals surface area contributed by atoms with Crippen LogP contribution in [0.1, 0.15) is 17.2 Å². The number of ether oxygens (including phenoxy) is 2. The summed E-state index contributed by atoms with van der Waals surface area (Å²) in [6, 6.07) is 9.06. The van der Waals surface area contributed by atoms with Crippen molar-refractivity contribution in [2.45, 2.75) is 6.04 Å². The summed E-state index contributed by atoms with van der Waals surface area (Å²) in [6.45, 7) is 3.68. The zero-order chi connectivity index (χ0) is 23.5. The standard InChI is InChI=1S/C24H24ClFN2O5/c1-32-19-6-5-16(14-18(19)25)22(29)20-21(15-3-2-4-17(26)13-15)28(24(31)23(20)30)8-7-27-9-11-33-12-10-27/h2-6,13-14,21,29H,7-12H2,1H3/b22-20+. The van der Waals surface area contributed by atoms with Gasteiger partial charge < -0.3 is 24.4 Å². The normalized spacial score (nSPS) is 20.9. The molecule has 0 aliphatic carbocycles. The summed E-state index contributed by atoms with van der Waals surface area (Å²) in [5.41, 5.74) is 0.317. The maximum atomic E-state index is 14.1. The molecule has 2 heterocycles. The number of nitrogens with zero attached hydrogens (tertiary/aromatic N) is 1. The Hall–Kier alpha value is -2.94. The molecule has 174 valence electrons. The minimum atomic E-state index is -0.977. The van der Waals surface area contributed by atoms with E-state index in [9.17, 15) is 19.1 Å². The molecule has 2 saturated heterocycles. The van der Waals surface area contributed by atoms with Gasteiger partial charge in [-0.1, -0.05) is 35.6 Å². The molecular formula is C24H24ClFN2O5. The van der Waals surface area contributed by atoms with Crippen molar-refractivity contribution in [2.24, 2.45) is 0 Å². The number of hydrogen-bond donors (Lipinski definition) is 1. The van der Waals surface area contributed by atoms with Crippen LogP contribution in [0.25, 0.3) is 5.76 Å². The molecule has 33 heavy (non-hydrogen) atoms. The van der Waals surface area contributed by atoms with Crippen LogP contribution < -0.4 is 14.7 Å². The summed E-state index contributed by atoms with van der Waals surface area (Å²) in [5, 5.41) is 13.6. The van der Waals surface area contributed by atoms with Crippen molar-refractivity contribution in [3.05, 3.63) is 70.0 Å². The number of Topliss-reactive ketones (excluding diaryl/α,β-unsaturated/α-hetero) is 1. The number of quaternary nitrogens is 1. The van der Waals surface area contributed by atoms with E-state index in [1.54, 1.807) is 6.07 Å². The Morgan fingerprint density at radius 1 is 1.24 bits per heavy atom. The Kier molecular flexibility index (Phi) is 6.97. The molecule has 2 aromatic carbocycles. The quantitative estimate of drug-likeness (QED) is 0.377. The van der Waals surface area contributed by atoms with E-state index in [2.05, 4.69) is 0 Å². The summed E-state index contributed by atoms with van der Waals surface area (Å²) < 4.78 is 24.6. The molecule has 1 atom stereocenters. The number of benzene rings is 2. The van der Waals surface area contributed by atoms with Crippen LogP contribution in [0.3, 0.4) is 0 Å². The van der Waals surface area contributed by atoms with E-state index in [1.165, 1.54) is 53.3 Å². The lowest BCUT2D eigenvalue weighted by Crippen LogP contribution is -3.14. The van der Waals surface area contributed by atoms with Crippen LogP contribution in [0.2, 0.25) is 5.02 Å². The Morgan fingerprint density at radius 2 is 2.00 bits per heavy atom. The van der Waals surface area contributed by atoms with Gasteiger partial charge >= 0.3 is 0 Å². The van der Waals surface area contributed by atoms with Crippen LogP contribution in [0.4, 0.5) is 4.39 Å². The molecule has 0 bridgehead atoms. The number of halogens is 2. The van der Waals surface area contributed by atoms with Gasteiger partial charge in [0.1, 0.15) is 24.7 Å². The number of amides is 1. The van der Waals surface area contributed by atoms with Gasteiger partial charge in [-0.2, -0.15) is 0 Å². The minimum Gasteiger partial charge on any atom is -0.872 e. The first-order valence-electron chi connectivity index (χ1n) is 10.7. The van der Waals surface area contributed by atoms with Crippen molar-refractivity contribution in [1.82, 2.24) is 4.90 Å². The number of morpholine rings is 1. The van der Waals surface area contributed by atoms with Crippen LogP contribution in [-0.2, 0) is 14.3 Å². The van der Waals surface area contributed by atoms with Crippen LogP contribution >= 0.6 is 11.6 Å². The highest BCUT2D eigenvalue weighted by Crippen LogP contribution is 2.39. The average Bonchev–Trinajstić information content (AvgIpc) is 3.07. The lowest BCUT2D eigenvalue weighted by Gasteiger charge is -2.30. The molecule has 9 heteroatoms. The highest BCUT2D eigenvalue weighted by atomic mass is 35.5. The van der Waals surface area contributed by atoms with Gasteiger partial charge in [0.25, 0.3) is 5.91 Å². The second-order valence-electron chi connectivity index (χ2n) is 7.99. The number of rotatable bonds is 6. The number of carbonyl (C=O) groups is 2. The molecule has 7 nitrogen and oxygen atoms in total. The third-order valence-corrected chi connectivity index (χ3v) is 6.31. The van der Waals surface area contributed by atoms with Crippen molar-refractivity contribution in [2.75, 3.05) is 46.5 Å². The van der Waals surface area contributed by atoms with Crippen LogP contribution in [-0.4, -0.2) is 63.1 Å². The highest BCUT2D eigenvalue weighted by Gasteiger charge is 2.44. The Bertz CT molecular complexity index is 1100. The molecule has 0 radical (unpaired) electrons. The maximum Gasteiger partial charge on any atom is 0.295 e. The first-order chi connectivity index (χ1) is 15.9. The molecular weight excluding hydrogens is 451 g/mol. The lowest BCUT2D eigenvalue weighted by molar-refractivity contribution is -0.907. The molecule has 2 fully saturated rings. The molecule has 0 saturated carbocycles. The van der Waals surface area contributed by atoms with E-state index in [0.717, 1.165) is 13.1 Å². The van der Waals surface area contributed by atoms with E-state index >= 15 is 0 Å². The zero-order valence-electron chi connectivity index (χ0n) is 18.1. The van der Waals surface area contributed by atoms with E-state index in [4.69, 9.17) is 21.1 Å². The molecule has 0 spiro atoms. The number of ketones is 1. The second kappa shape index (κ2) is 9.91. The zero-order valence-corrected chi connectivity index (χ0v) is 18.9.